The fourth-order valence-electron chi connectivity index (χ4n) is 1.41. The monoisotopic (exact) mass is 274 g/mol. The van der Waals surface area contributed by atoms with Crippen LogP contribution < -0.4 is 5.73 Å². The highest BCUT2D eigenvalue weighted by Crippen LogP contribution is 2.05. The molecule has 0 saturated heterocycles. The van der Waals surface area contributed by atoms with Crippen molar-refractivity contribution >= 4 is 11.8 Å². The smallest absolute Gasteiger partial charge is 0.255 e. The molecular weight excluding hydrogens is 256 g/mol. The van der Waals surface area contributed by atoms with E-state index in [9.17, 15) is 9.59 Å². The third-order valence-corrected chi connectivity index (χ3v) is 2.54. The van der Waals surface area contributed by atoms with Crippen LogP contribution in [0.3, 0.4) is 0 Å². The van der Waals surface area contributed by atoms with E-state index in [1.807, 2.05) is 0 Å². The number of carbonyl (C=O) groups excluding carboxylic acids is 2. The summed E-state index contributed by atoms with van der Waals surface area (Å²) >= 11 is 0. The van der Waals surface area contributed by atoms with Crippen molar-refractivity contribution in [3.05, 3.63) is 29.6 Å². The average Bonchev–Trinajstić information content (AvgIpc) is 2.44. The van der Waals surface area contributed by atoms with Crippen molar-refractivity contribution in [1.29, 1.82) is 0 Å². The lowest BCUT2D eigenvalue weighted by atomic mass is 10.2. The number of rotatable bonds is 3. The Bertz CT molecular complexity index is 558. The van der Waals surface area contributed by atoms with Crippen molar-refractivity contribution in [2.45, 2.75) is 0 Å². The van der Waals surface area contributed by atoms with Crippen LogP contribution >= 0.6 is 0 Å². The summed E-state index contributed by atoms with van der Waals surface area (Å²) in [4.78, 5) is 30.5. The van der Waals surface area contributed by atoms with Gasteiger partial charge in [-0.2, -0.15) is 0 Å². The van der Waals surface area contributed by atoms with Crippen molar-refractivity contribution in [1.82, 2.24) is 14.8 Å². The molecule has 0 saturated carbocycles. The summed E-state index contributed by atoms with van der Waals surface area (Å²) in [5.41, 5.74) is 6.30. The molecule has 0 bridgehead atoms. The first-order valence-electron chi connectivity index (χ1n) is 6.05. The lowest BCUT2D eigenvalue weighted by Crippen LogP contribution is -2.37. The van der Waals surface area contributed by atoms with Gasteiger partial charge in [-0.25, -0.2) is 0 Å². The van der Waals surface area contributed by atoms with Gasteiger partial charge in [-0.15, -0.1) is 0 Å². The highest BCUT2D eigenvalue weighted by Gasteiger charge is 2.16. The van der Waals surface area contributed by atoms with E-state index in [0.717, 1.165) is 0 Å². The number of amides is 2. The zero-order chi connectivity index (χ0) is 15.1. The first-order valence-corrected chi connectivity index (χ1v) is 6.05. The van der Waals surface area contributed by atoms with Crippen molar-refractivity contribution < 1.29 is 9.59 Å². The maximum absolute atomic E-state index is 12.2. The number of hydrogen-bond donors (Lipinski definition) is 1. The van der Waals surface area contributed by atoms with Gasteiger partial charge in [-0.05, 0) is 6.07 Å². The van der Waals surface area contributed by atoms with E-state index in [-0.39, 0.29) is 24.9 Å². The molecule has 0 spiro atoms. The van der Waals surface area contributed by atoms with E-state index in [1.165, 1.54) is 16.0 Å². The van der Waals surface area contributed by atoms with Gasteiger partial charge in [-0.3, -0.25) is 14.6 Å². The van der Waals surface area contributed by atoms with E-state index < -0.39 is 0 Å². The molecule has 0 radical (unpaired) electrons. The van der Waals surface area contributed by atoms with Gasteiger partial charge in [0, 0.05) is 39.1 Å². The van der Waals surface area contributed by atoms with Gasteiger partial charge in [0.15, 0.2) is 0 Å². The third kappa shape index (κ3) is 4.37. The molecule has 0 fully saturated rings. The predicted octanol–water partition coefficient (Wildman–Crippen LogP) is -0.448. The van der Waals surface area contributed by atoms with Crippen molar-refractivity contribution in [2.75, 3.05) is 34.2 Å². The Hall–Kier alpha value is -2.39. The van der Waals surface area contributed by atoms with Crippen LogP contribution in [0.1, 0.15) is 15.9 Å². The molecule has 1 aromatic rings. The minimum Gasteiger partial charge on any atom is -0.347 e. The van der Waals surface area contributed by atoms with Gasteiger partial charge in [0.1, 0.15) is 0 Å². The van der Waals surface area contributed by atoms with Crippen LogP contribution in [0.25, 0.3) is 0 Å². The van der Waals surface area contributed by atoms with E-state index in [1.54, 1.807) is 33.4 Å². The van der Waals surface area contributed by atoms with Crippen LogP contribution in [0, 0.1) is 11.8 Å². The molecule has 0 aliphatic rings. The minimum absolute atomic E-state index is 0.0184. The average molecular weight is 274 g/mol. The standard InChI is InChI=1S/C14H18N4O2/c1-17(2)13(19)10-18(3)14(20)12-7-11(5-4-6-15)8-16-9-12/h7-9H,6,10,15H2,1-3H3. The van der Waals surface area contributed by atoms with E-state index in [4.69, 9.17) is 5.73 Å². The highest BCUT2D eigenvalue weighted by molar-refractivity contribution is 5.96. The Kier molecular flexibility index (Phi) is 5.69. The molecule has 0 unspecified atom stereocenters. The molecule has 2 N–H and O–H groups in total. The Morgan fingerprint density at radius 3 is 2.60 bits per heavy atom. The van der Waals surface area contributed by atoms with Crippen LogP contribution in [0.15, 0.2) is 18.5 Å². The molecular formula is C14H18N4O2. The largest absolute Gasteiger partial charge is 0.347 e. The lowest BCUT2D eigenvalue weighted by molar-refractivity contribution is -0.129. The van der Waals surface area contributed by atoms with Crippen LogP contribution in [-0.2, 0) is 4.79 Å². The first-order chi connectivity index (χ1) is 9.45. The molecule has 6 heteroatoms. The van der Waals surface area contributed by atoms with Gasteiger partial charge < -0.3 is 15.5 Å². The predicted molar refractivity (Wildman–Crippen MR) is 75.8 cm³/mol. The topological polar surface area (TPSA) is 79.5 Å². The molecule has 106 valence electrons. The summed E-state index contributed by atoms with van der Waals surface area (Å²) in [6, 6.07) is 1.63. The number of aromatic nitrogens is 1. The van der Waals surface area contributed by atoms with E-state index >= 15 is 0 Å². The summed E-state index contributed by atoms with van der Waals surface area (Å²) < 4.78 is 0. The molecule has 1 aromatic heterocycles. The maximum atomic E-state index is 12.2. The number of pyridine rings is 1. The number of hydrogen-bond acceptors (Lipinski definition) is 4. The Labute approximate surface area is 118 Å². The highest BCUT2D eigenvalue weighted by atomic mass is 16.2. The van der Waals surface area contributed by atoms with Crippen LogP contribution in [0.2, 0.25) is 0 Å². The van der Waals surface area contributed by atoms with Gasteiger partial charge >= 0.3 is 0 Å². The second-order valence-corrected chi connectivity index (χ2v) is 4.42. The summed E-state index contributed by atoms with van der Waals surface area (Å²) in [5, 5.41) is 0. The van der Waals surface area contributed by atoms with Gasteiger partial charge in [0.05, 0.1) is 18.7 Å². The molecule has 0 atom stereocenters. The zero-order valence-electron chi connectivity index (χ0n) is 11.9. The number of nitrogens with two attached hydrogens (primary N) is 1. The summed E-state index contributed by atoms with van der Waals surface area (Å²) in [5.74, 6) is 5.09. The molecule has 1 rings (SSSR count). The summed E-state index contributed by atoms with van der Waals surface area (Å²) in [6.45, 7) is 0.264. The van der Waals surface area contributed by atoms with Gasteiger partial charge in [-0.1, -0.05) is 11.8 Å². The summed E-state index contributed by atoms with van der Waals surface area (Å²) in [7, 11) is 4.86. The third-order valence-electron chi connectivity index (χ3n) is 2.54. The lowest BCUT2D eigenvalue weighted by Gasteiger charge is -2.19. The molecule has 0 aliphatic carbocycles. The van der Waals surface area contributed by atoms with Gasteiger partial charge in [0.25, 0.3) is 5.91 Å². The Balaban J connectivity index is 2.84. The van der Waals surface area contributed by atoms with Crippen molar-refractivity contribution in [3.8, 4) is 11.8 Å². The SMILES string of the molecule is CN(C)C(=O)CN(C)C(=O)c1cncc(C#CCN)c1. The van der Waals surface area contributed by atoms with Crippen LogP contribution in [0.4, 0.5) is 0 Å². The van der Waals surface area contributed by atoms with Crippen LogP contribution in [0.5, 0.6) is 0 Å². The zero-order valence-corrected chi connectivity index (χ0v) is 11.9. The van der Waals surface area contributed by atoms with Crippen molar-refractivity contribution in [3.63, 3.8) is 0 Å². The first kappa shape index (κ1) is 15.7. The molecule has 20 heavy (non-hydrogen) atoms. The second kappa shape index (κ2) is 7.26. The minimum atomic E-state index is -0.274. The maximum Gasteiger partial charge on any atom is 0.255 e. The van der Waals surface area contributed by atoms with Crippen LogP contribution in [-0.4, -0.2) is 60.8 Å². The van der Waals surface area contributed by atoms with E-state index in [2.05, 4.69) is 16.8 Å². The molecule has 6 nitrogen and oxygen atoms in total. The van der Waals surface area contributed by atoms with Gasteiger partial charge in [0.2, 0.25) is 5.91 Å². The number of likely N-dealkylation sites (N-methyl/N-ethyl adjacent to an activating group) is 2. The van der Waals surface area contributed by atoms with Crippen molar-refractivity contribution in [2.24, 2.45) is 5.73 Å². The Morgan fingerprint density at radius 1 is 1.30 bits per heavy atom. The summed E-state index contributed by atoms with van der Waals surface area (Å²) in [6.07, 6.45) is 3.01. The van der Waals surface area contributed by atoms with E-state index in [0.29, 0.717) is 11.1 Å². The quantitative estimate of drug-likeness (QED) is 0.757. The molecule has 0 aliphatic heterocycles. The fraction of sp³-hybridized carbons (Fsp3) is 0.357. The molecule has 2 amide bonds. The number of nitrogens with zero attached hydrogens (tertiary/aromatic N) is 3. The Morgan fingerprint density at radius 2 is 2.00 bits per heavy atom. The fourth-order valence-corrected chi connectivity index (χ4v) is 1.41. The molecule has 0 aromatic carbocycles. The second-order valence-electron chi connectivity index (χ2n) is 4.42. The normalized spacial score (nSPS) is 9.40. The molecule has 1 heterocycles. The number of carbonyl (C=O) groups is 2.